The largest absolute Gasteiger partial charge is 0.399 e. The summed E-state index contributed by atoms with van der Waals surface area (Å²) in [6, 6.07) is 7.69. The number of rotatable bonds is 7. The third kappa shape index (κ3) is 5.96. The standard InChI is InChI=1S/C14H22N2OS/c1-11(18-2)8-9-16-14(17)7-6-12-4-3-5-13(15)10-12/h3-5,10-11H,6-9,15H2,1-2H3,(H,16,17). The highest BCUT2D eigenvalue weighted by Crippen LogP contribution is 2.09. The quantitative estimate of drug-likeness (QED) is 0.745. The Kier molecular flexibility index (Phi) is 6.65. The van der Waals surface area contributed by atoms with Gasteiger partial charge in [0.1, 0.15) is 0 Å². The maximum absolute atomic E-state index is 11.6. The molecule has 0 spiro atoms. The SMILES string of the molecule is CSC(C)CCNC(=O)CCc1cccc(N)c1. The number of nitrogens with two attached hydrogens (primary N) is 1. The van der Waals surface area contributed by atoms with Crippen LogP contribution in [0, 0.1) is 0 Å². The van der Waals surface area contributed by atoms with Gasteiger partial charge in [-0.05, 0) is 36.8 Å². The van der Waals surface area contributed by atoms with E-state index in [1.54, 1.807) is 0 Å². The Morgan fingerprint density at radius 3 is 2.94 bits per heavy atom. The van der Waals surface area contributed by atoms with Gasteiger partial charge < -0.3 is 11.1 Å². The first kappa shape index (κ1) is 14.9. The van der Waals surface area contributed by atoms with Crippen LogP contribution in [0.15, 0.2) is 24.3 Å². The monoisotopic (exact) mass is 266 g/mol. The number of nitrogen functional groups attached to an aromatic ring is 1. The van der Waals surface area contributed by atoms with Crippen LogP contribution in [0.2, 0.25) is 0 Å². The first-order chi connectivity index (χ1) is 8.61. The molecule has 0 aromatic heterocycles. The first-order valence-electron chi connectivity index (χ1n) is 6.25. The minimum Gasteiger partial charge on any atom is -0.399 e. The van der Waals surface area contributed by atoms with E-state index < -0.39 is 0 Å². The second kappa shape index (κ2) is 8.03. The number of carbonyl (C=O) groups is 1. The molecule has 0 saturated heterocycles. The van der Waals surface area contributed by atoms with Crippen LogP contribution >= 0.6 is 11.8 Å². The van der Waals surface area contributed by atoms with Crippen molar-refractivity contribution in [3.63, 3.8) is 0 Å². The number of amides is 1. The lowest BCUT2D eigenvalue weighted by molar-refractivity contribution is -0.121. The fourth-order valence-corrected chi connectivity index (χ4v) is 1.98. The molecule has 4 heteroatoms. The lowest BCUT2D eigenvalue weighted by Gasteiger charge is -2.09. The van der Waals surface area contributed by atoms with Crippen molar-refractivity contribution in [3.8, 4) is 0 Å². The summed E-state index contributed by atoms with van der Waals surface area (Å²) in [5, 5.41) is 3.55. The zero-order valence-corrected chi connectivity index (χ0v) is 11.9. The predicted octanol–water partition coefficient (Wildman–Crippen LogP) is 2.46. The fraction of sp³-hybridized carbons (Fsp3) is 0.500. The second-order valence-electron chi connectivity index (χ2n) is 4.43. The van der Waals surface area contributed by atoms with Gasteiger partial charge in [0.2, 0.25) is 5.91 Å². The minimum absolute atomic E-state index is 0.116. The molecule has 0 saturated carbocycles. The van der Waals surface area contributed by atoms with Crippen molar-refractivity contribution in [2.24, 2.45) is 0 Å². The molecule has 1 amide bonds. The topological polar surface area (TPSA) is 55.1 Å². The van der Waals surface area contributed by atoms with Crippen LogP contribution in [-0.4, -0.2) is 24.0 Å². The molecule has 1 aromatic carbocycles. The van der Waals surface area contributed by atoms with Gasteiger partial charge in [0.25, 0.3) is 0 Å². The lowest BCUT2D eigenvalue weighted by Crippen LogP contribution is -2.26. The summed E-state index contributed by atoms with van der Waals surface area (Å²) in [5.74, 6) is 0.116. The van der Waals surface area contributed by atoms with Crippen LogP contribution in [0.3, 0.4) is 0 Å². The van der Waals surface area contributed by atoms with Gasteiger partial charge >= 0.3 is 0 Å². The number of thioether (sulfide) groups is 1. The van der Waals surface area contributed by atoms with E-state index in [1.807, 2.05) is 36.0 Å². The zero-order chi connectivity index (χ0) is 13.4. The van der Waals surface area contributed by atoms with E-state index in [0.717, 1.165) is 30.6 Å². The number of anilines is 1. The van der Waals surface area contributed by atoms with E-state index in [4.69, 9.17) is 5.73 Å². The van der Waals surface area contributed by atoms with Gasteiger partial charge in [0, 0.05) is 23.9 Å². The van der Waals surface area contributed by atoms with Gasteiger partial charge in [-0.25, -0.2) is 0 Å². The second-order valence-corrected chi connectivity index (χ2v) is 5.71. The molecular formula is C14H22N2OS. The van der Waals surface area contributed by atoms with Gasteiger partial charge in [-0.3, -0.25) is 4.79 Å². The van der Waals surface area contributed by atoms with E-state index >= 15 is 0 Å². The van der Waals surface area contributed by atoms with Crippen LogP contribution in [0.25, 0.3) is 0 Å². The molecule has 0 radical (unpaired) electrons. The van der Waals surface area contributed by atoms with Crippen LogP contribution in [-0.2, 0) is 11.2 Å². The third-order valence-corrected chi connectivity index (χ3v) is 3.91. The van der Waals surface area contributed by atoms with Gasteiger partial charge in [0.15, 0.2) is 0 Å². The molecule has 1 aromatic rings. The summed E-state index contributed by atoms with van der Waals surface area (Å²) in [6.45, 7) is 2.93. The van der Waals surface area contributed by atoms with Crippen molar-refractivity contribution in [2.75, 3.05) is 18.5 Å². The Bertz CT molecular complexity index is 382. The molecule has 1 rings (SSSR count). The Labute approximate surface area is 114 Å². The van der Waals surface area contributed by atoms with Crippen molar-refractivity contribution >= 4 is 23.4 Å². The van der Waals surface area contributed by atoms with Crippen molar-refractivity contribution < 1.29 is 4.79 Å². The number of hydrogen-bond donors (Lipinski definition) is 2. The molecule has 0 heterocycles. The number of nitrogens with one attached hydrogen (secondary N) is 1. The summed E-state index contributed by atoms with van der Waals surface area (Å²) >= 11 is 1.82. The van der Waals surface area contributed by atoms with E-state index in [-0.39, 0.29) is 5.91 Å². The fourth-order valence-electron chi connectivity index (χ4n) is 1.63. The number of hydrogen-bond acceptors (Lipinski definition) is 3. The molecule has 0 bridgehead atoms. The summed E-state index contributed by atoms with van der Waals surface area (Å²) in [5.41, 5.74) is 7.56. The number of aryl methyl sites for hydroxylation is 1. The lowest BCUT2D eigenvalue weighted by atomic mass is 10.1. The average molecular weight is 266 g/mol. The first-order valence-corrected chi connectivity index (χ1v) is 7.54. The van der Waals surface area contributed by atoms with E-state index in [1.165, 1.54) is 0 Å². The Morgan fingerprint density at radius 1 is 1.50 bits per heavy atom. The smallest absolute Gasteiger partial charge is 0.220 e. The van der Waals surface area contributed by atoms with Crippen molar-refractivity contribution in [1.82, 2.24) is 5.32 Å². The van der Waals surface area contributed by atoms with Crippen molar-refractivity contribution in [1.29, 1.82) is 0 Å². The molecule has 0 aliphatic carbocycles. The van der Waals surface area contributed by atoms with Gasteiger partial charge in [-0.1, -0.05) is 19.1 Å². The van der Waals surface area contributed by atoms with Gasteiger partial charge in [-0.15, -0.1) is 0 Å². The van der Waals surface area contributed by atoms with Crippen LogP contribution in [0.1, 0.15) is 25.3 Å². The third-order valence-electron chi connectivity index (χ3n) is 2.87. The van der Waals surface area contributed by atoms with E-state index in [2.05, 4.69) is 18.5 Å². The summed E-state index contributed by atoms with van der Waals surface area (Å²) in [7, 11) is 0. The molecule has 3 nitrogen and oxygen atoms in total. The van der Waals surface area contributed by atoms with Gasteiger partial charge in [0.05, 0.1) is 0 Å². The average Bonchev–Trinajstić information content (AvgIpc) is 2.36. The highest BCUT2D eigenvalue weighted by molar-refractivity contribution is 7.99. The van der Waals surface area contributed by atoms with Crippen LogP contribution in [0.4, 0.5) is 5.69 Å². The maximum Gasteiger partial charge on any atom is 0.220 e. The molecule has 1 atom stereocenters. The minimum atomic E-state index is 0.116. The zero-order valence-electron chi connectivity index (χ0n) is 11.1. The molecule has 0 fully saturated rings. The normalized spacial score (nSPS) is 12.1. The highest BCUT2D eigenvalue weighted by Gasteiger charge is 2.04. The summed E-state index contributed by atoms with van der Waals surface area (Å²) < 4.78 is 0. The number of benzene rings is 1. The van der Waals surface area contributed by atoms with Gasteiger partial charge in [-0.2, -0.15) is 11.8 Å². The van der Waals surface area contributed by atoms with Crippen LogP contribution in [0.5, 0.6) is 0 Å². The Hall–Kier alpha value is -1.16. The number of carbonyl (C=O) groups excluding carboxylic acids is 1. The molecule has 0 aliphatic heterocycles. The van der Waals surface area contributed by atoms with Crippen molar-refractivity contribution in [2.45, 2.75) is 31.4 Å². The summed E-state index contributed by atoms with van der Waals surface area (Å²) in [4.78, 5) is 11.6. The molecule has 1 unspecified atom stereocenters. The molecular weight excluding hydrogens is 244 g/mol. The maximum atomic E-state index is 11.6. The Morgan fingerprint density at radius 2 is 2.28 bits per heavy atom. The highest BCUT2D eigenvalue weighted by atomic mass is 32.2. The van der Waals surface area contributed by atoms with E-state index in [0.29, 0.717) is 11.7 Å². The predicted molar refractivity (Wildman–Crippen MR) is 79.8 cm³/mol. The molecule has 18 heavy (non-hydrogen) atoms. The molecule has 0 aliphatic rings. The molecule has 3 N–H and O–H groups in total. The summed E-state index contributed by atoms with van der Waals surface area (Å²) in [6.07, 6.45) is 4.38. The van der Waals surface area contributed by atoms with Crippen molar-refractivity contribution in [3.05, 3.63) is 29.8 Å². The molecule has 100 valence electrons. The van der Waals surface area contributed by atoms with Crippen LogP contribution < -0.4 is 11.1 Å². The van der Waals surface area contributed by atoms with E-state index in [9.17, 15) is 4.79 Å². The Balaban J connectivity index is 2.21.